The standard InChI is InChI=1S/C35H42N6O5/c1-5-18-38(20-24-12-8-7-9-13-24)32(43)29-28-16-17-35(46-28)30(29)33(44)41(27(21-42)23(3)4)31(35)34(45)39(19-6-2)22-40-26-15-11-10-14-25(26)36-37-40/h5-15,23,27-31,42H,1-2,16-22H2,3-4H3/t27-,28-,29+,30-,31?,35?/m0/s1. The molecular weight excluding hydrogens is 584 g/mol. The third-order valence-corrected chi connectivity index (χ3v) is 9.83. The van der Waals surface area contributed by atoms with Gasteiger partial charge in [-0.3, -0.25) is 14.4 Å². The van der Waals surface area contributed by atoms with Crippen molar-refractivity contribution < 1.29 is 24.2 Å². The Labute approximate surface area is 269 Å². The van der Waals surface area contributed by atoms with Gasteiger partial charge < -0.3 is 24.5 Å². The molecule has 46 heavy (non-hydrogen) atoms. The van der Waals surface area contributed by atoms with Crippen LogP contribution in [-0.2, 0) is 32.3 Å². The van der Waals surface area contributed by atoms with Crippen molar-refractivity contribution in [2.24, 2.45) is 17.8 Å². The lowest BCUT2D eigenvalue weighted by atomic mass is 9.70. The number of amides is 3. The van der Waals surface area contributed by atoms with Crippen LogP contribution in [0.25, 0.3) is 11.0 Å². The van der Waals surface area contributed by atoms with Crippen molar-refractivity contribution in [2.75, 3.05) is 19.7 Å². The Morgan fingerprint density at radius 3 is 2.46 bits per heavy atom. The summed E-state index contributed by atoms with van der Waals surface area (Å²) in [5.74, 6) is -2.63. The minimum Gasteiger partial charge on any atom is -0.394 e. The molecule has 11 nitrogen and oxygen atoms in total. The molecule has 3 fully saturated rings. The van der Waals surface area contributed by atoms with Crippen LogP contribution in [0, 0.1) is 17.8 Å². The molecule has 6 rings (SSSR count). The lowest BCUT2D eigenvalue weighted by Crippen LogP contribution is -2.59. The molecule has 0 radical (unpaired) electrons. The third kappa shape index (κ3) is 5.21. The molecule has 3 aromatic rings. The van der Waals surface area contributed by atoms with Gasteiger partial charge >= 0.3 is 0 Å². The molecule has 11 heteroatoms. The quantitative estimate of drug-likeness (QED) is 0.290. The summed E-state index contributed by atoms with van der Waals surface area (Å²) in [6.45, 7) is 12.2. The monoisotopic (exact) mass is 626 g/mol. The molecule has 3 saturated heterocycles. The Hall–Kier alpha value is -4.35. The van der Waals surface area contributed by atoms with E-state index >= 15 is 0 Å². The Balaban J connectivity index is 1.38. The van der Waals surface area contributed by atoms with Crippen molar-refractivity contribution in [3.8, 4) is 0 Å². The average Bonchev–Trinajstić information content (AvgIpc) is 3.81. The summed E-state index contributed by atoms with van der Waals surface area (Å²) in [6, 6.07) is 15.5. The third-order valence-electron chi connectivity index (χ3n) is 9.83. The van der Waals surface area contributed by atoms with Crippen LogP contribution in [0.2, 0.25) is 0 Å². The maximum absolute atomic E-state index is 14.8. The number of aliphatic hydroxyl groups is 1. The van der Waals surface area contributed by atoms with E-state index in [0.29, 0.717) is 31.4 Å². The minimum absolute atomic E-state index is 0.0755. The second-order valence-corrected chi connectivity index (χ2v) is 12.9. The number of hydrogen-bond acceptors (Lipinski definition) is 7. The van der Waals surface area contributed by atoms with Crippen molar-refractivity contribution in [3.63, 3.8) is 0 Å². The highest BCUT2D eigenvalue weighted by atomic mass is 16.5. The van der Waals surface area contributed by atoms with Crippen LogP contribution < -0.4 is 0 Å². The summed E-state index contributed by atoms with van der Waals surface area (Å²) in [5.41, 5.74) is 1.21. The molecule has 1 spiro atoms. The van der Waals surface area contributed by atoms with E-state index in [4.69, 9.17) is 4.74 Å². The van der Waals surface area contributed by atoms with E-state index in [1.54, 1.807) is 26.6 Å². The number of nitrogens with zero attached hydrogens (tertiary/aromatic N) is 6. The van der Waals surface area contributed by atoms with E-state index in [1.807, 2.05) is 68.4 Å². The number of aromatic nitrogens is 3. The van der Waals surface area contributed by atoms with Crippen molar-refractivity contribution in [1.29, 1.82) is 0 Å². The van der Waals surface area contributed by atoms with Crippen LogP contribution in [0.4, 0.5) is 0 Å². The second kappa shape index (κ2) is 12.8. The predicted octanol–water partition coefficient (Wildman–Crippen LogP) is 3.01. The fourth-order valence-corrected chi connectivity index (χ4v) is 7.76. The maximum atomic E-state index is 14.8. The summed E-state index contributed by atoms with van der Waals surface area (Å²) in [7, 11) is 0. The molecule has 4 heterocycles. The Kier molecular flexibility index (Phi) is 8.80. The van der Waals surface area contributed by atoms with Gasteiger partial charge in [0, 0.05) is 19.6 Å². The van der Waals surface area contributed by atoms with Gasteiger partial charge in [0.25, 0.3) is 0 Å². The number of ether oxygens (including phenoxy) is 1. The summed E-state index contributed by atoms with van der Waals surface area (Å²) in [5, 5.41) is 19.1. The molecule has 3 aliphatic rings. The first-order chi connectivity index (χ1) is 22.2. The maximum Gasteiger partial charge on any atom is 0.250 e. The van der Waals surface area contributed by atoms with Crippen LogP contribution in [-0.4, -0.2) is 96.0 Å². The van der Waals surface area contributed by atoms with Gasteiger partial charge in [-0.1, -0.05) is 73.7 Å². The fourth-order valence-electron chi connectivity index (χ4n) is 7.76. The number of carbonyl (C=O) groups excluding carboxylic acids is 3. The van der Waals surface area contributed by atoms with Gasteiger partial charge in [0.1, 0.15) is 23.8 Å². The number of fused-ring (bicyclic) bond motifs is 2. The second-order valence-electron chi connectivity index (χ2n) is 12.9. The highest BCUT2D eigenvalue weighted by Gasteiger charge is 2.75. The molecule has 0 aliphatic carbocycles. The number of hydrogen-bond donors (Lipinski definition) is 1. The number of para-hydroxylation sites is 1. The van der Waals surface area contributed by atoms with Gasteiger partial charge in [-0.25, -0.2) is 4.68 Å². The average molecular weight is 627 g/mol. The summed E-state index contributed by atoms with van der Waals surface area (Å²) < 4.78 is 8.36. The lowest BCUT2D eigenvalue weighted by molar-refractivity contribution is -0.154. The van der Waals surface area contributed by atoms with E-state index in [-0.39, 0.29) is 43.5 Å². The largest absolute Gasteiger partial charge is 0.394 e. The Bertz CT molecular complexity index is 1620. The molecule has 2 aromatic carbocycles. The topological polar surface area (TPSA) is 121 Å². The number of carbonyl (C=O) groups is 3. The highest BCUT2D eigenvalue weighted by Crippen LogP contribution is 2.59. The first-order valence-electron chi connectivity index (χ1n) is 16.0. The van der Waals surface area contributed by atoms with E-state index in [0.717, 1.165) is 11.1 Å². The number of aliphatic hydroxyl groups excluding tert-OH is 1. The van der Waals surface area contributed by atoms with Gasteiger partial charge in [0.15, 0.2) is 0 Å². The number of rotatable bonds is 13. The van der Waals surface area contributed by atoms with Crippen molar-refractivity contribution >= 4 is 28.8 Å². The minimum atomic E-state index is -1.21. The van der Waals surface area contributed by atoms with Gasteiger partial charge in [0.05, 0.1) is 36.1 Å². The molecular formula is C35H42N6O5. The summed E-state index contributed by atoms with van der Waals surface area (Å²) in [4.78, 5) is 48.7. The van der Waals surface area contributed by atoms with E-state index in [2.05, 4.69) is 23.5 Å². The van der Waals surface area contributed by atoms with Crippen LogP contribution >= 0.6 is 0 Å². The van der Waals surface area contributed by atoms with Gasteiger partial charge in [-0.15, -0.1) is 18.3 Å². The molecule has 1 aromatic heterocycles. The number of likely N-dealkylation sites (tertiary alicyclic amines) is 1. The van der Waals surface area contributed by atoms with E-state index in [9.17, 15) is 19.5 Å². The predicted molar refractivity (Wildman–Crippen MR) is 172 cm³/mol. The van der Waals surface area contributed by atoms with Crippen LogP contribution in [0.5, 0.6) is 0 Å². The van der Waals surface area contributed by atoms with Crippen molar-refractivity contribution in [1.82, 2.24) is 29.7 Å². The van der Waals surface area contributed by atoms with Crippen LogP contribution in [0.3, 0.4) is 0 Å². The first kappa shape index (κ1) is 31.6. The summed E-state index contributed by atoms with van der Waals surface area (Å²) in [6.07, 6.45) is 3.82. The molecule has 2 bridgehead atoms. The van der Waals surface area contributed by atoms with Gasteiger partial charge in [-0.05, 0) is 36.5 Å². The smallest absolute Gasteiger partial charge is 0.250 e. The van der Waals surface area contributed by atoms with Crippen LogP contribution in [0.15, 0.2) is 79.9 Å². The molecule has 1 N–H and O–H groups in total. The van der Waals surface area contributed by atoms with Crippen LogP contribution in [0.1, 0.15) is 32.3 Å². The van der Waals surface area contributed by atoms with E-state index in [1.165, 1.54) is 4.90 Å². The summed E-state index contributed by atoms with van der Waals surface area (Å²) >= 11 is 0. The first-order valence-corrected chi connectivity index (χ1v) is 16.0. The molecule has 242 valence electrons. The number of benzene rings is 2. The Morgan fingerprint density at radius 2 is 1.76 bits per heavy atom. The lowest BCUT2D eigenvalue weighted by Gasteiger charge is -2.40. The molecule has 6 atom stereocenters. The van der Waals surface area contributed by atoms with E-state index < -0.39 is 35.6 Å². The fraction of sp³-hybridized carbons (Fsp3) is 0.457. The molecule has 2 unspecified atom stereocenters. The molecule has 3 amide bonds. The Morgan fingerprint density at radius 1 is 1.07 bits per heavy atom. The SMILES string of the molecule is C=CCN(Cn1nnc2ccccc21)C(=O)C1N([C@@H](CO)C(C)C)C(=O)[C@@H]2[C@H](C(=O)N(CC=C)Cc3ccccc3)[C@@H]3CCC12O3. The normalized spacial score (nSPS) is 25.6. The zero-order chi connectivity index (χ0) is 32.6. The van der Waals surface area contributed by atoms with Gasteiger partial charge in [0.2, 0.25) is 17.7 Å². The molecule has 3 aliphatic heterocycles. The van der Waals surface area contributed by atoms with Crippen molar-refractivity contribution in [3.05, 3.63) is 85.5 Å². The van der Waals surface area contributed by atoms with Gasteiger partial charge in [-0.2, -0.15) is 0 Å². The zero-order valence-electron chi connectivity index (χ0n) is 26.4. The zero-order valence-corrected chi connectivity index (χ0v) is 26.4. The van der Waals surface area contributed by atoms with Crippen molar-refractivity contribution in [2.45, 2.75) is 63.7 Å². The molecule has 0 saturated carbocycles. The highest BCUT2D eigenvalue weighted by molar-refractivity contribution is 5.99.